The van der Waals surface area contributed by atoms with Crippen molar-refractivity contribution in [2.75, 3.05) is 39.3 Å². The van der Waals surface area contributed by atoms with E-state index in [9.17, 15) is 5.11 Å². The van der Waals surface area contributed by atoms with Crippen LogP contribution in [0.2, 0.25) is 0 Å². The number of nitrogens with zero attached hydrogens (tertiary/aromatic N) is 2. The first-order valence-electron chi connectivity index (χ1n) is 7.64. The number of piperazine rings is 1. The molecule has 23 heavy (non-hydrogen) atoms. The Morgan fingerprint density at radius 2 is 1.78 bits per heavy atom. The summed E-state index contributed by atoms with van der Waals surface area (Å²) in [7, 11) is 3.29. The molecule has 2 aromatic rings. The van der Waals surface area contributed by atoms with Gasteiger partial charge in [0.25, 0.3) is 0 Å². The second-order valence-electron chi connectivity index (χ2n) is 5.68. The van der Waals surface area contributed by atoms with Gasteiger partial charge in [-0.2, -0.15) is 0 Å². The quantitative estimate of drug-likeness (QED) is 0.627. The smallest absolute Gasteiger partial charge is 0.120 e. The third-order valence-corrected chi connectivity index (χ3v) is 7.01. The maximum atomic E-state index is 10.2. The second kappa shape index (κ2) is 7.83. The van der Waals surface area contributed by atoms with Crippen LogP contribution in [0.5, 0.6) is 5.75 Å². The molecule has 0 atom stereocenters. The van der Waals surface area contributed by atoms with Crippen LogP contribution in [0.15, 0.2) is 24.3 Å². The van der Waals surface area contributed by atoms with Crippen LogP contribution in [0.4, 0.5) is 0 Å². The molecule has 1 aromatic carbocycles. The van der Waals surface area contributed by atoms with Crippen molar-refractivity contribution in [2.45, 2.75) is 6.54 Å². The molecule has 7 heteroatoms. The molecule has 2 N–H and O–H groups in total. The lowest BCUT2D eigenvalue weighted by atomic mass is 10.1. The Hall–Kier alpha value is -0.830. The number of aliphatic hydroxyl groups is 1. The van der Waals surface area contributed by atoms with Crippen molar-refractivity contribution in [1.29, 1.82) is 0 Å². The minimum Gasteiger partial charge on any atom is -0.508 e. The number of phenols is 1. The third-order valence-electron chi connectivity index (χ3n) is 4.10. The molecular weight excluding hydrogens is 348 g/mol. The van der Waals surface area contributed by atoms with E-state index in [0.29, 0.717) is 5.75 Å². The zero-order valence-corrected chi connectivity index (χ0v) is 15.2. The highest BCUT2D eigenvalue weighted by Gasteiger charge is 2.18. The molecule has 0 amide bonds. The Morgan fingerprint density at radius 3 is 2.43 bits per heavy atom. The van der Waals surface area contributed by atoms with Gasteiger partial charge in [0.2, 0.25) is 0 Å². The van der Waals surface area contributed by atoms with Crippen molar-refractivity contribution >= 4 is 32.9 Å². The van der Waals surface area contributed by atoms with E-state index in [-0.39, 0.29) is 6.61 Å². The van der Waals surface area contributed by atoms with E-state index in [2.05, 4.69) is 15.9 Å². The van der Waals surface area contributed by atoms with E-state index in [1.807, 2.05) is 12.1 Å². The Bertz CT molecular complexity index is 705. The summed E-state index contributed by atoms with van der Waals surface area (Å²) in [6, 6.07) is 7.82. The fourth-order valence-corrected chi connectivity index (χ4v) is 5.18. The van der Waals surface area contributed by atoms with Crippen molar-refractivity contribution in [3.63, 3.8) is 0 Å². The fourth-order valence-electron chi connectivity index (χ4n) is 2.79. The highest BCUT2D eigenvalue weighted by molar-refractivity contribution is 7.80. The normalized spacial score (nSPS) is 16.7. The molecular formula is C16H20N2O2S3. The van der Waals surface area contributed by atoms with Crippen molar-refractivity contribution in [2.24, 2.45) is 0 Å². The molecule has 1 saturated heterocycles. The van der Waals surface area contributed by atoms with Crippen LogP contribution in [-0.2, 0) is 6.54 Å². The van der Waals surface area contributed by atoms with E-state index in [1.165, 1.54) is 0 Å². The van der Waals surface area contributed by atoms with Gasteiger partial charge in [-0.1, -0.05) is 32.9 Å². The lowest BCUT2D eigenvalue weighted by molar-refractivity contribution is 0.108. The van der Waals surface area contributed by atoms with Gasteiger partial charge in [-0.3, -0.25) is 9.80 Å². The average molecular weight is 369 g/mol. The number of β-amino-alcohol motifs (C(OH)–C–C–N with tert-alkyl or cyclic N) is 1. The third kappa shape index (κ3) is 4.37. The zero-order valence-electron chi connectivity index (χ0n) is 12.8. The summed E-state index contributed by atoms with van der Waals surface area (Å²) >= 11 is 5.20. The minimum absolute atomic E-state index is 0.218. The molecule has 3 rings (SSSR count). The molecule has 4 nitrogen and oxygen atoms in total. The van der Waals surface area contributed by atoms with Gasteiger partial charge in [-0.25, -0.2) is 0 Å². The maximum Gasteiger partial charge on any atom is 0.120 e. The molecule has 0 unspecified atom stereocenters. The summed E-state index contributed by atoms with van der Waals surface area (Å²) in [5.41, 5.74) is 2.08. The number of aliphatic hydroxyl groups excluding tert-OH is 1. The summed E-state index contributed by atoms with van der Waals surface area (Å²) < 4.78 is 0.902. The Kier molecular flexibility index (Phi) is 5.79. The van der Waals surface area contributed by atoms with Crippen LogP contribution in [0.1, 0.15) is 5.56 Å². The topological polar surface area (TPSA) is 46.9 Å². The van der Waals surface area contributed by atoms with Crippen molar-refractivity contribution in [3.05, 3.63) is 33.7 Å². The highest BCUT2D eigenvalue weighted by Crippen LogP contribution is 2.32. The van der Waals surface area contributed by atoms with E-state index in [0.717, 1.165) is 59.1 Å². The Morgan fingerprint density at radius 1 is 1.04 bits per heavy atom. The first-order valence-corrected chi connectivity index (χ1v) is 10.2. The van der Waals surface area contributed by atoms with Crippen LogP contribution in [0, 0.1) is 3.82 Å². The molecule has 0 aliphatic carbocycles. The molecule has 0 saturated carbocycles. The SMILES string of the molecule is OCCN1CCN(Cc2cc(-c3cc(=S)ss3)ccc2O)CC1. The van der Waals surface area contributed by atoms with E-state index < -0.39 is 0 Å². The summed E-state index contributed by atoms with van der Waals surface area (Å²) in [4.78, 5) is 5.78. The van der Waals surface area contributed by atoms with E-state index in [1.54, 1.807) is 26.7 Å². The van der Waals surface area contributed by atoms with Gasteiger partial charge in [0, 0.05) is 49.7 Å². The Balaban J connectivity index is 1.69. The Labute approximate surface area is 148 Å². The van der Waals surface area contributed by atoms with Crippen LogP contribution < -0.4 is 0 Å². The van der Waals surface area contributed by atoms with Gasteiger partial charge in [0.05, 0.1) is 6.61 Å². The predicted molar refractivity (Wildman–Crippen MR) is 98.9 cm³/mol. The first kappa shape index (κ1) is 17.0. The van der Waals surface area contributed by atoms with Crippen molar-refractivity contribution in [1.82, 2.24) is 9.80 Å². The van der Waals surface area contributed by atoms with Crippen molar-refractivity contribution in [3.8, 4) is 16.2 Å². The van der Waals surface area contributed by atoms with Gasteiger partial charge < -0.3 is 10.2 Å². The largest absolute Gasteiger partial charge is 0.508 e. The molecule has 1 fully saturated rings. The first-order chi connectivity index (χ1) is 11.2. The minimum atomic E-state index is 0.218. The fraction of sp³-hybridized carbons (Fsp3) is 0.438. The highest BCUT2D eigenvalue weighted by atomic mass is 32.9. The van der Waals surface area contributed by atoms with E-state index >= 15 is 0 Å². The second-order valence-corrected chi connectivity index (χ2v) is 8.59. The number of benzene rings is 1. The summed E-state index contributed by atoms with van der Waals surface area (Å²) in [5.74, 6) is 0.352. The van der Waals surface area contributed by atoms with Gasteiger partial charge in [0.15, 0.2) is 0 Å². The molecule has 0 radical (unpaired) electrons. The molecule has 124 valence electrons. The summed E-state index contributed by atoms with van der Waals surface area (Å²) in [5, 5.41) is 19.2. The zero-order chi connectivity index (χ0) is 16.2. The number of aromatic hydroxyl groups is 1. The monoisotopic (exact) mass is 368 g/mol. The molecule has 1 aliphatic rings. The average Bonchev–Trinajstić information content (AvgIpc) is 2.98. The standard InChI is InChI=1S/C16H20N2O2S3/c19-8-7-17-3-5-18(6-4-17)11-13-9-12(1-2-14(13)20)15-10-16(21)23-22-15/h1-2,9-10,19-20H,3-8,11H2. The van der Waals surface area contributed by atoms with Gasteiger partial charge >= 0.3 is 0 Å². The van der Waals surface area contributed by atoms with Gasteiger partial charge in [0.1, 0.15) is 9.57 Å². The van der Waals surface area contributed by atoms with Crippen LogP contribution in [0.25, 0.3) is 10.4 Å². The molecule has 1 aliphatic heterocycles. The predicted octanol–water partition coefficient (Wildman–Crippen LogP) is 3.02. The molecule has 2 heterocycles. The summed E-state index contributed by atoms with van der Waals surface area (Å²) in [6.07, 6.45) is 0. The van der Waals surface area contributed by atoms with E-state index in [4.69, 9.17) is 17.3 Å². The number of hydrogen-bond donors (Lipinski definition) is 2. The molecule has 1 aromatic heterocycles. The van der Waals surface area contributed by atoms with Crippen LogP contribution in [-0.4, -0.2) is 59.3 Å². The lowest BCUT2D eigenvalue weighted by Crippen LogP contribution is -2.46. The van der Waals surface area contributed by atoms with Gasteiger partial charge in [-0.15, -0.1) is 0 Å². The molecule has 0 bridgehead atoms. The summed E-state index contributed by atoms with van der Waals surface area (Å²) in [6.45, 7) is 5.57. The number of hydrogen-bond acceptors (Lipinski definition) is 7. The maximum absolute atomic E-state index is 10.2. The lowest BCUT2D eigenvalue weighted by Gasteiger charge is -2.34. The van der Waals surface area contributed by atoms with Crippen molar-refractivity contribution < 1.29 is 10.2 Å². The number of rotatable bonds is 5. The van der Waals surface area contributed by atoms with Crippen LogP contribution in [0.3, 0.4) is 0 Å². The number of phenolic OH excluding ortho intramolecular Hbond substituents is 1. The van der Waals surface area contributed by atoms with Crippen LogP contribution >= 0.6 is 32.9 Å². The molecule has 0 spiro atoms. The van der Waals surface area contributed by atoms with Gasteiger partial charge in [-0.05, 0) is 29.8 Å².